The first kappa shape index (κ1) is 19.0. The zero-order chi connectivity index (χ0) is 20.2. The first-order chi connectivity index (χ1) is 14.1. The molecule has 0 unspecified atom stereocenters. The first-order valence-corrected chi connectivity index (χ1v) is 9.99. The van der Waals surface area contributed by atoms with E-state index in [1.165, 1.54) is 10.9 Å². The van der Waals surface area contributed by atoms with Crippen LogP contribution in [0.25, 0.3) is 10.9 Å². The number of amides is 1. The number of carbonyl (C=O) groups is 1. The van der Waals surface area contributed by atoms with Crippen molar-refractivity contribution in [1.82, 2.24) is 19.7 Å². The van der Waals surface area contributed by atoms with Crippen LogP contribution in [-0.4, -0.2) is 20.3 Å². The Morgan fingerprint density at radius 2 is 1.76 bits per heavy atom. The van der Waals surface area contributed by atoms with E-state index in [0.717, 1.165) is 29.0 Å². The van der Waals surface area contributed by atoms with Gasteiger partial charge in [-0.2, -0.15) is 5.10 Å². The normalized spacial score (nSPS) is 11.1. The van der Waals surface area contributed by atoms with Crippen molar-refractivity contribution in [2.75, 3.05) is 0 Å². The lowest BCUT2D eigenvalue weighted by atomic mass is 10.2. The average Bonchev–Trinajstić information content (AvgIpc) is 3.26. The highest BCUT2D eigenvalue weighted by Gasteiger charge is 2.13. The fourth-order valence-corrected chi connectivity index (χ4v) is 3.73. The molecule has 0 radical (unpaired) electrons. The Kier molecular flexibility index (Phi) is 5.47. The Hall–Kier alpha value is -3.34. The van der Waals surface area contributed by atoms with Crippen LogP contribution in [0.5, 0.6) is 0 Å². The smallest absolute Gasteiger partial charge is 0.222 e. The second-order valence-electron chi connectivity index (χ2n) is 7.39. The fourth-order valence-electron chi connectivity index (χ4n) is 3.73. The number of para-hydroxylation sites is 1. The van der Waals surface area contributed by atoms with Gasteiger partial charge in [-0.1, -0.05) is 48.5 Å². The Morgan fingerprint density at radius 1 is 1.00 bits per heavy atom. The topological polar surface area (TPSA) is 51.9 Å². The van der Waals surface area contributed by atoms with Gasteiger partial charge < -0.3 is 9.88 Å². The van der Waals surface area contributed by atoms with E-state index < -0.39 is 0 Å². The van der Waals surface area contributed by atoms with Crippen LogP contribution in [0.3, 0.4) is 0 Å². The van der Waals surface area contributed by atoms with Crippen LogP contribution in [0.1, 0.15) is 28.9 Å². The predicted molar refractivity (Wildman–Crippen MR) is 116 cm³/mol. The third-order valence-corrected chi connectivity index (χ3v) is 5.43. The summed E-state index contributed by atoms with van der Waals surface area (Å²) in [7, 11) is 0. The maximum Gasteiger partial charge on any atom is 0.222 e. The molecule has 0 aliphatic heterocycles. The summed E-state index contributed by atoms with van der Waals surface area (Å²) in [5.74, 6) is 0.0531. The molecule has 0 fully saturated rings. The summed E-state index contributed by atoms with van der Waals surface area (Å²) in [5, 5.41) is 8.93. The van der Waals surface area contributed by atoms with Crippen molar-refractivity contribution in [3.63, 3.8) is 0 Å². The number of hydrogen-bond donors (Lipinski definition) is 1. The Labute approximate surface area is 171 Å². The molecule has 5 nitrogen and oxygen atoms in total. The summed E-state index contributed by atoms with van der Waals surface area (Å²) in [4.78, 5) is 12.4. The number of aromatic nitrogens is 3. The van der Waals surface area contributed by atoms with Crippen molar-refractivity contribution in [2.24, 2.45) is 0 Å². The lowest BCUT2D eigenvalue weighted by Gasteiger charge is -2.08. The summed E-state index contributed by atoms with van der Waals surface area (Å²) >= 11 is 0. The number of nitrogens with one attached hydrogen (secondary N) is 1. The van der Waals surface area contributed by atoms with Gasteiger partial charge >= 0.3 is 0 Å². The summed E-state index contributed by atoms with van der Waals surface area (Å²) in [6, 6.07) is 20.6. The highest BCUT2D eigenvalue weighted by atomic mass is 16.1. The third kappa shape index (κ3) is 4.24. The number of aryl methyl sites for hydroxylation is 2. The van der Waals surface area contributed by atoms with Gasteiger partial charge in [0.2, 0.25) is 5.91 Å². The van der Waals surface area contributed by atoms with Gasteiger partial charge in [0.15, 0.2) is 0 Å². The van der Waals surface area contributed by atoms with E-state index in [9.17, 15) is 4.79 Å². The van der Waals surface area contributed by atoms with Gasteiger partial charge in [-0.05, 0) is 36.9 Å². The Balaban J connectivity index is 1.35. The molecule has 1 amide bonds. The summed E-state index contributed by atoms with van der Waals surface area (Å²) in [6.07, 6.45) is 2.49. The van der Waals surface area contributed by atoms with E-state index in [4.69, 9.17) is 0 Å². The minimum absolute atomic E-state index is 0.0531. The number of rotatable bonds is 7. The fraction of sp³-hybridized carbons (Fsp3) is 0.250. The van der Waals surface area contributed by atoms with Crippen molar-refractivity contribution in [2.45, 2.75) is 39.9 Å². The third-order valence-electron chi connectivity index (χ3n) is 5.43. The Bertz CT molecular complexity index is 1120. The lowest BCUT2D eigenvalue weighted by molar-refractivity contribution is -0.121. The minimum atomic E-state index is 0.0531. The summed E-state index contributed by atoms with van der Waals surface area (Å²) in [6.45, 7) is 5.99. The van der Waals surface area contributed by atoms with Crippen LogP contribution in [0.2, 0.25) is 0 Å². The molecule has 0 aliphatic rings. The van der Waals surface area contributed by atoms with Gasteiger partial charge in [-0.3, -0.25) is 9.48 Å². The average molecular weight is 386 g/mol. The molecule has 2 aromatic heterocycles. The first-order valence-electron chi connectivity index (χ1n) is 9.99. The molecule has 0 aliphatic carbocycles. The largest absolute Gasteiger partial charge is 0.352 e. The van der Waals surface area contributed by atoms with E-state index in [-0.39, 0.29) is 5.91 Å². The van der Waals surface area contributed by atoms with Crippen molar-refractivity contribution in [3.8, 4) is 0 Å². The molecular weight excluding hydrogens is 360 g/mol. The molecule has 2 heterocycles. The number of fused-ring (bicyclic) bond motifs is 1. The summed E-state index contributed by atoms with van der Waals surface area (Å²) < 4.78 is 4.14. The second-order valence-corrected chi connectivity index (χ2v) is 7.39. The molecule has 4 aromatic rings. The lowest BCUT2D eigenvalue weighted by Crippen LogP contribution is -2.24. The minimum Gasteiger partial charge on any atom is -0.352 e. The second kappa shape index (κ2) is 8.35. The zero-order valence-corrected chi connectivity index (χ0v) is 16.9. The maximum atomic E-state index is 12.4. The van der Waals surface area contributed by atoms with Crippen LogP contribution >= 0.6 is 0 Å². The molecule has 29 heavy (non-hydrogen) atoms. The summed E-state index contributed by atoms with van der Waals surface area (Å²) in [5.41, 5.74) is 5.54. The quantitative estimate of drug-likeness (QED) is 0.517. The van der Waals surface area contributed by atoms with Crippen LogP contribution in [-0.2, 0) is 24.4 Å². The molecule has 1 N–H and O–H groups in total. The Morgan fingerprint density at radius 3 is 2.59 bits per heavy atom. The van der Waals surface area contributed by atoms with Gasteiger partial charge in [0, 0.05) is 42.5 Å². The standard InChI is InChI=1S/C24H26N4O/c1-18-22(19(2)28(26-18)17-20-8-4-3-5-9-20)16-25-24(29)13-15-27-14-12-21-10-6-7-11-23(21)27/h3-12,14H,13,15-17H2,1-2H3,(H,25,29). The molecule has 2 aromatic carbocycles. The van der Waals surface area contributed by atoms with E-state index in [0.29, 0.717) is 19.5 Å². The number of hydrogen-bond acceptors (Lipinski definition) is 2. The number of nitrogens with zero attached hydrogens (tertiary/aromatic N) is 3. The molecule has 0 bridgehead atoms. The molecule has 0 spiro atoms. The molecule has 0 atom stereocenters. The molecule has 4 rings (SSSR count). The van der Waals surface area contributed by atoms with Gasteiger partial charge in [0.25, 0.3) is 0 Å². The highest BCUT2D eigenvalue weighted by molar-refractivity contribution is 5.80. The zero-order valence-electron chi connectivity index (χ0n) is 16.9. The molecule has 148 valence electrons. The molecular formula is C24H26N4O. The predicted octanol–water partition coefficient (Wildman–Crippen LogP) is 4.21. The van der Waals surface area contributed by atoms with E-state index in [1.807, 2.05) is 48.1 Å². The number of benzene rings is 2. The van der Waals surface area contributed by atoms with Crippen molar-refractivity contribution >= 4 is 16.8 Å². The molecule has 0 saturated carbocycles. The maximum absolute atomic E-state index is 12.4. The molecule has 0 saturated heterocycles. The van der Waals surface area contributed by atoms with Gasteiger partial charge in [-0.25, -0.2) is 0 Å². The van der Waals surface area contributed by atoms with Crippen molar-refractivity contribution in [1.29, 1.82) is 0 Å². The highest BCUT2D eigenvalue weighted by Crippen LogP contribution is 2.16. The monoisotopic (exact) mass is 386 g/mol. The SMILES string of the molecule is Cc1nn(Cc2ccccc2)c(C)c1CNC(=O)CCn1ccc2ccccc21. The van der Waals surface area contributed by atoms with E-state index in [1.54, 1.807) is 0 Å². The van der Waals surface area contributed by atoms with Crippen LogP contribution < -0.4 is 5.32 Å². The number of carbonyl (C=O) groups excluding carboxylic acids is 1. The van der Waals surface area contributed by atoms with Gasteiger partial charge in [0.05, 0.1) is 12.2 Å². The van der Waals surface area contributed by atoms with Crippen LogP contribution in [0.4, 0.5) is 0 Å². The van der Waals surface area contributed by atoms with E-state index in [2.05, 4.69) is 52.2 Å². The molecule has 5 heteroatoms. The van der Waals surface area contributed by atoms with Crippen molar-refractivity contribution in [3.05, 3.63) is 89.4 Å². The van der Waals surface area contributed by atoms with E-state index >= 15 is 0 Å². The van der Waals surface area contributed by atoms with Crippen molar-refractivity contribution < 1.29 is 4.79 Å². The van der Waals surface area contributed by atoms with Crippen LogP contribution in [0, 0.1) is 13.8 Å². The van der Waals surface area contributed by atoms with Crippen LogP contribution in [0.15, 0.2) is 66.9 Å². The van der Waals surface area contributed by atoms with Gasteiger partial charge in [0.1, 0.15) is 0 Å². The van der Waals surface area contributed by atoms with Gasteiger partial charge in [-0.15, -0.1) is 0 Å².